The summed E-state index contributed by atoms with van der Waals surface area (Å²) >= 11 is 0. The Labute approximate surface area is 112 Å². The lowest BCUT2D eigenvalue weighted by Crippen LogP contribution is -2.06. The van der Waals surface area contributed by atoms with Gasteiger partial charge in [-0.2, -0.15) is 5.10 Å². The van der Waals surface area contributed by atoms with Gasteiger partial charge in [0, 0.05) is 18.1 Å². The van der Waals surface area contributed by atoms with Crippen LogP contribution in [0, 0.1) is 0 Å². The van der Waals surface area contributed by atoms with Crippen molar-refractivity contribution in [1.29, 1.82) is 0 Å². The maximum absolute atomic E-state index is 4.63. The van der Waals surface area contributed by atoms with Crippen LogP contribution in [0.25, 0.3) is 5.65 Å². The summed E-state index contributed by atoms with van der Waals surface area (Å²) in [5.41, 5.74) is 4.46. The van der Waals surface area contributed by atoms with Gasteiger partial charge in [0.1, 0.15) is 5.65 Å². The first kappa shape index (κ1) is 12.0. The molecule has 0 radical (unpaired) electrons. The Morgan fingerprint density at radius 1 is 1.11 bits per heavy atom. The lowest BCUT2D eigenvalue weighted by Gasteiger charge is -2.02. The SMILES string of the molecule is CCc1cc(CC)n(Cc2cn3ccccc3n2)n1. The van der Waals surface area contributed by atoms with Gasteiger partial charge in [0.05, 0.1) is 17.9 Å². The highest BCUT2D eigenvalue weighted by Gasteiger charge is 2.08. The summed E-state index contributed by atoms with van der Waals surface area (Å²) in [7, 11) is 0. The molecule has 0 aliphatic rings. The zero-order chi connectivity index (χ0) is 13.2. The molecule has 0 fully saturated rings. The average Bonchev–Trinajstić information content (AvgIpc) is 3.01. The van der Waals surface area contributed by atoms with E-state index in [9.17, 15) is 0 Å². The molecule has 3 heterocycles. The molecule has 0 bridgehead atoms. The summed E-state index contributed by atoms with van der Waals surface area (Å²) in [6.45, 7) is 5.04. The number of pyridine rings is 1. The van der Waals surface area contributed by atoms with Gasteiger partial charge in [-0.25, -0.2) is 4.98 Å². The third-order valence-electron chi connectivity index (χ3n) is 3.36. The van der Waals surface area contributed by atoms with Gasteiger partial charge in [-0.05, 0) is 31.0 Å². The van der Waals surface area contributed by atoms with Crippen LogP contribution < -0.4 is 0 Å². The first-order chi connectivity index (χ1) is 9.30. The number of hydrogen-bond donors (Lipinski definition) is 0. The van der Waals surface area contributed by atoms with Gasteiger partial charge in [-0.15, -0.1) is 0 Å². The Balaban J connectivity index is 1.93. The molecular weight excluding hydrogens is 236 g/mol. The Morgan fingerprint density at radius 2 is 2.00 bits per heavy atom. The van der Waals surface area contributed by atoms with E-state index in [-0.39, 0.29) is 0 Å². The second-order valence-corrected chi connectivity index (χ2v) is 4.69. The summed E-state index contributed by atoms with van der Waals surface area (Å²) in [4.78, 5) is 4.62. The van der Waals surface area contributed by atoms with Gasteiger partial charge in [0.2, 0.25) is 0 Å². The zero-order valence-electron chi connectivity index (χ0n) is 11.4. The molecule has 0 aliphatic carbocycles. The number of imidazole rings is 1. The van der Waals surface area contributed by atoms with Gasteiger partial charge in [-0.3, -0.25) is 4.68 Å². The van der Waals surface area contributed by atoms with Crippen LogP contribution >= 0.6 is 0 Å². The molecule has 0 saturated carbocycles. The summed E-state index contributed by atoms with van der Waals surface area (Å²) < 4.78 is 4.12. The van der Waals surface area contributed by atoms with E-state index in [4.69, 9.17) is 0 Å². The molecule has 0 atom stereocenters. The molecule has 0 spiro atoms. The number of rotatable bonds is 4. The third kappa shape index (κ3) is 2.26. The molecule has 0 unspecified atom stereocenters. The van der Waals surface area contributed by atoms with Crippen LogP contribution in [0.3, 0.4) is 0 Å². The van der Waals surface area contributed by atoms with Crippen molar-refractivity contribution >= 4 is 5.65 Å². The van der Waals surface area contributed by atoms with Crippen molar-refractivity contribution in [2.45, 2.75) is 33.2 Å². The highest BCUT2D eigenvalue weighted by Crippen LogP contribution is 2.10. The van der Waals surface area contributed by atoms with E-state index < -0.39 is 0 Å². The van der Waals surface area contributed by atoms with E-state index in [0.717, 1.165) is 36.4 Å². The van der Waals surface area contributed by atoms with E-state index in [1.54, 1.807) is 0 Å². The highest BCUT2D eigenvalue weighted by atomic mass is 15.3. The van der Waals surface area contributed by atoms with Crippen molar-refractivity contribution in [3.05, 3.63) is 53.7 Å². The van der Waals surface area contributed by atoms with Gasteiger partial charge < -0.3 is 4.40 Å². The molecule has 0 amide bonds. The zero-order valence-corrected chi connectivity index (χ0v) is 11.4. The van der Waals surface area contributed by atoms with Crippen molar-refractivity contribution in [3.8, 4) is 0 Å². The minimum atomic E-state index is 0.741. The molecule has 3 aromatic rings. The van der Waals surface area contributed by atoms with Crippen molar-refractivity contribution in [3.63, 3.8) is 0 Å². The predicted molar refractivity (Wildman–Crippen MR) is 75.3 cm³/mol. The van der Waals surface area contributed by atoms with E-state index in [2.05, 4.69) is 40.9 Å². The van der Waals surface area contributed by atoms with E-state index >= 15 is 0 Å². The first-order valence-corrected chi connectivity index (χ1v) is 6.78. The molecule has 3 aromatic heterocycles. The van der Waals surface area contributed by atoms with Gasteiger partial charge >= 0.3 is 0 Å². The third-order valence-corrected chi connectivity index (χ3v) is 3.36. The lowest BCUT2D eigenvalue weighted by molar-refractivity contribution is 0.632. The standard InChI is InChI=1S/C15H18N4/c1-3-12-9-14(4-2)19(17-12)11-13-10-18-8-6-5-7-15(18)16-13/h5-10H,3-4,11H2,1-2H3. The number of nitrogens with zero attached hydrogens (tertiary/aromatic N) is 4. The summed E-state index contributed by atoms with van der Waals surface area (Å²) in [6, 6.07) is 8.23. The fraction of sp³-hybridized carbons (Fsp3) is 0.333. The van der Waals surface area contributed by atoms with Crippen LogP contribution in [0.15, 0.2) is 36.7 Å². The maximum atomic E-state index is 4.63. The Morgan fingerprint density at radius 3 is 2.74 bits per heavy atom. The fourth-order valence-electron chi connectivity index (χ4n) is 2.33. The minimum Gasteiger partial charge on any atom is -0.307 e. The van der Waals surface area contributed by atoms with Crippen LogP contribution in [0.2, 0.25) is 0 Å². The first-order valence-electron chi connectivity index (χ1n) is 6.78. The van der Waals surface area contributed by atoms with Crippen LogP contribution in [0.5, 0.6) is 0 Å². The second-order valence-electron chi connectivity index (χ2n) is 4.69. The minimum absolute atomic E-state index is 0.741. The summed E-state index contributed by atoms with van der Waals surface area (Å²) in [6.07, 6.45) is 6.07. The molecule has 4 heteroatoms. The van der Waals surface area contributed by atoms with Gasteiger partial charge in [-0.1, -0.05) is 19.9 Å². The molecule has 0 N–H and O–H groups in total. The molecular formula is C15H18N4. The Kier molecular flexibility index (Phi) is 3.07. The predicted octanol–water partition coefficient (Wildman–Crippen LogP) is 2.70. The van der Waals surface area contributed by atoms with Crippen molar-refractivity contribution in [2.75, 3.05) is 0 Å². The monoisotopic (exact) mass is 254 g/mol. The molecule has 3 rings (SSSR count). The summed E-state index contributed by atoms with van der Waals surface area (Å²) in [5, 5.41) is 4.63. The van der Waals surface area contributed by atoms with E-state index in [0.29, 0.717) is 0 Å². The quantitative estimate of drug-likeness (QED) is 0.717. The largest absolute Gasteiger partial charge is 0.307 e. The molecule has 98 valence electrons. The van der Waals surface area contributed by atoms with Crippen LogP contribution in [0.1, 0.15) is 30.9 Å². The molecule has 19 heavy (non-hydrogen) atoms. The topological polar surface area (TPSA) is 35.1 Å². The normalized spacial score (nSPS) is 11.3. The van der Waals surface area contributed by atoms with E-state index in [1.165, 1.54) is 5.69 Å². The Hall–Kier alpha value is -2.10. The molecule has 4 nitrogen and oxygen atoms in total. The van der Waals surface area contributed by atoms with Crippen LogP contribution in [-0.4, -0.2) is 19.2 Å². The van der Waals surface area contributed by atoms with Crippen molar-refractivity contribution in [2.24, 2.45) is 0 Å². The van der Waals surface area contributed by atoms with Crippen molar-refractivity contribution < 1.29 is 0 Å². The second kappa shape index (κ2) is 4.88. The van der Waals surface area contributed by atoms with Crippen LogP contribution in [0.4, 0.5) is 0 Å². The highest BCUT2D eigenvalue weighted by molar-refractivity contribution is 5.39. The molecule has 0 saturated heterocycles. The average molecular weight is 254 g/mol. The molecule has 0 aromatic carbocycles. The van der Waals surface area contributed by atoms with E-state index in [1.807, 2.05) is 28.8 Å². The maximum Gasteiger partial charge on any atom is 0.137 e. The summed E-state index contributed by atoms with van der Waals surface area (Å²) in [5.74, 6) is 0. The van der Waals surface area contributed by atoms with Crippen LogP contribution in [-0.2, 0) is 19.4 Å². The fourth-order valence-corrected chi connectivity index (χ4v) is 2.33. The number of aryl methyl sites for hydroxylation is 2. The number of aromatic nitrogens is 4. The van der Waals surface area contributed by atoms with Gasteiger partial charge in [0.15, 0.2) is 0 Å². The Bertz CT molecular complexity index is 660. The van der Waals surface area contributed by atoms with Crippen molar-refractivity contribution in [1.82, 2.24) is 19.2 Å². The lowest BCUT2D eigenvalue weighted by atomic mass is 10.2. The number of fused-ring (bicyclic) bond motifs is 1. The molecule has 0 aliphatic heterocycles. The van der Waals surface area contributed by atoms with Gasteiger partial charge in [0.25, 0.3) is 0 Å². The smallest absolute Gasteiger partial charge is 0.137 e. The number of hydrogen-bond acceptors (Lipinski definition) is 2.